The molecular formula is C13H8ClFINO4S. The number of carboxylic acid groups (broad SMARTS) is 1. The van der Waals surface area contributed by atoms with Gasteiger partial charge in [-0.3, -0.25) is 4.72 Å². The van der Waals surface area contributed by atoms with Crippen molar-refractivity contribution in [3.05, 3.63) is 56.4 Å². The molecule has 0 aliphatic heterocycles. The maximum Gasteiger partial charge on any atom is 0.338 e. The fraction of sp³-hybridized carbons (Fsp3) is 0. The zero-order valence-electron chi connectivity index (χ0n) is 10.7. The zero-order valence-corrected chi connectivity index (χ0v) is 14.4. The number of benzene rings is 2. The Hall–Kier alpha value is -1.39. The summed E-state index contributed by atoms with van der Waals surface area (Å²) < 4.78 is 41.2. The average molecular weight is 456 g/mol. The third-order valence-corrected chi connectivity index (χ3v) is 5.14. The summed E-state index contributed by atoms with van der Waals surface area (Å²) in [6, 6.07) is 7.87. The lowest BCUT2D eigenvalue weighted by Crippen LogP contribution is -2.15. The third kappa shape index (κ3) is 3.68. The number of nitrogens with one attached hydrogen (secondary N) is 1. The van der Waals surface area contributed by atoms with E-state index in [1.807, 2.05) is 22.6 Å². The molecular weight excluding hydrogens is 448 g/mol. The van der Waals surface area contributed by atoms with E-state index < -0.39 is 37.3 Å². The summed E-state index contributed by atoms with van der Waals surface area (Å²) in [5.41, 5.74) is -0.489. The molecule has 0 saturated carbocycles. The molecule has 22 heavy (non-hydrogen) atoms. The normalized spacial score (nSPS) is 11.2. The van der Waals surface area contributed by atoms with Crippen LogP contribution in [0.5, 0.6) is 0 Å². The van der Waals surface area contributed by atoms with Crippen LogP contribution in [0.3, 0.4) is 0 Å². The highest BCUT2D eigenvalue weighted by molar-refractivity contribution is 14.1. The first-order valence-electron chi connectivity index (χ1n) is 5.71. The summed E-state index contributed by atoms with van der Waals surface area (Å²) >= 11 is 7.74. The van der Waals surface area contributed by atoms with Crippen LogP contribution >= 0.6 is 34.2 Å². The van der Waals surface area contributed by atoms with Crippen molar-refractivity contribution < 1.29 is 22.7 Å². The van der Waals surface area contributed by atoms with Crippen LogP contribution in [0.15, 0.2) is 41.3 Å². The van der Waals surface area contributed by atoms with E-state index >= 15 is 0 Å². The van der Waals surface area contributed by atoms with Gasteiger partial charge >= 0.3 is 5.97 Å². The Morgan fingerprint density at radius 1 is 1.27 bits per heavy atom. The number of anilines is 1. The molecule has 0 aliphatic carbocycles. The second-order valence-electron chi connectivity index (χ2n) is 4.18. The van der Waals surface area contributed by atoms with Crippen molar-refractivity contribution in [2.75, 3.05) is 4.72 Å². The van der Waals surface area contributed by atoms with Crippen LogP contribution in [0.4, 0.5) is 10.1 Å². The molecule has 0 spiro atoms. The van der Waals surface area contributed by atoms with E-state index in [2.05, 4.69) is 4.72 Å². The highest BCUT2D eigenvalue weighted by Crippen LogP contribution is 2.27. The molecule has 116 valence electrons. The minimum absolute atomic E-state index is 0.282. The van der Waals surface area contributed by atoms with Crippen LogP contribution in [-0.4, -0.2) is 19.5 Å². The molecule has 0 bridgehead atoms. The average Bonchev–Trinajstić information content (AvgIpc) is 2.37. The lowest BCUT2D eigenvalue weighted by molar-refractivity contribution is 0.0691. The summed E-state index contributed by atoms with van der Waals surface area (Å²) in [6.45, 7) is 0. The number of sulfonamides is 1. The van der Waals surface area contributed by atoms with Crippen LogP contribution in [-0.2, 0) is 10.0 Å². The Kier molecular flexibility index (Phi) is 4.93. The first-order valence-corrected chi connectivity index (χ1v) is 8.65. The Balaban J connectivity index is 2.50. The Labute approximate surface area is 144 Å². The number of aromatic carboxylic acids is 1. The molecule has 0 radical (unpaired) electrons. The van der Waals surface area contributed by atoms with Gasteiger partial charge in [-0.05, 0) is 52.9 Å². The van der Waals surface area contributed by atoms with Crippen molar-refractivity contribution >= 4 is 55.9 Å². The van der Waals surface area contributed by atoms with Gasteiger partial charge in [-0.1, -0.05) is 17.7 Å². The summed E-state index contributed by atoms with van der Waals surface area (Å²) in [6.07, 6.45) is 0. The second kappa shape index (κ2) is 6.39. The Bertz CT molecular complexity index is 857. The van der Waals surface area contributed by atoms with Crippen molar-refractivity contribution in [3.8, 4) is 0 Å². The summed E-state index contributed by atoms with van der Waals surface area (Å²) in [5.74, 6) is -2.69. The van der Waals surface area contributed by atoms with Crippen molar-refractivity contribution in [3.63, 3.8) is 0 Å². The van der Waals surface area contributed by atoms with E-state index in [9.17, 15) is 17.6 Å². The van der Waals surface area contributed by atoms with Gasteiger partial charge < -0.3 is 5.11 Å². The van der Waals surface area contributed by atoms with Gasteiger partial charge in [0.2, 0.25) is 0 Å². The van der Waals surface area contributed by atoms with Crippen molar-refractivity contribution in [2.24, 2.45) is 0 Å². The van der Waals surface area contributed by atoms with Gasteiger partial charge in [0.25, 0.3) is 10.0 Å². The SMILES string of the molecule is O=C(O)c1cc(S(=O)(=O)Nc2cccc(I)c2)c(Cl)cc1F. The number of rotatable bonds is 4. The van der Waals surface area contributed by atoms with Gasteiger partial charge in [-0.15, -0.1) is 0 Å². The van der Waals surface area contributed by atoms with Gasteiger partial charge in [0.1, 0.15) is 10.7 Å². The first kappa shape index (κ1) is 17.0. The number of hydrogen-bond donors (Lipinski definition) is 2. The molecule has 0 amide bonds. The lowest BCUT2D eigenvalue weighted by atomic mass is 10.2. The highest BCUT2D eigenvalue weighted by Gasteiger charge is 2.23. The molecule has 0 heterocycles. The first-order chi connectivity index (χ1) is 10.2. The van der Waals surface area contributed by atoms with Crippen molar-refractivity contribution in [1.82, 2.24) is 0 Å². The van der Waals surface area contributed by atoms with Crippen LogP contribution < -0.4 is 4.72 Å². The third-order valence-electron chi connectivity index (χ3n) is 2.62. The number of carboxylic acids is 1. The second-order valence-corrected chi connectivity index (χ2v) is 7.49. The fourth-order valence-corrected chi connectivity index (χ4v) is 3.80. The predicted molar refractivity (Wildman–Crippen MR) is 88.3 cm³/mol. The monoisotopic (exact) mass is 455 g/mol. The highest BCUT2D eigenvalue weighted by atomic mass is 127. The molecule has 5 nitrogen and oxygen atoms in total. The van der Waals surface area contributed by atoms with Crippen LogP contribution in [0.2, 0.25) is 5.02 Å². The largest absolute Gasteiger partial charge is 0.478 e. The Morgan fingerprint density at radius 2 is 1.95 bits per heavy atom. The van der Waals surface area contributed by atoms with E-state index in [0.717, 1.165) is 3.57 Å². The van der Waals surface area contributed by atoms with Gasteiger partial charge in [-0.2, -0.15) is 0 Å². The predicted octanol–water partition coefficient (Wildman–Crippen LogP) is 3.58. The summed E-state index contributed by atoms with van der Waals surface area (Å²) in [4.78, 5) is 10.4. The molecule has 2 rings (SSSR count). The fourth-order valence-electron chi connectivity index (χ4n) is 1.66. The molecule has 2 aromatic rings. The number of carbonyl (C=O) groups is 1. The minimum Gasteiger partial charge on any atom is -0.478 e. The van der Waals surface area contributed by atoms with Crippen molar-refractivity contribution in [2.45, 2.75) is 4.90 Å². The number of hydrogen-bond acceptors (Lipinski definition) is 3. The molecule has 0 fully saturated rings. The molecule has 2 N–H and O–H groups in total. The molecule has 0 saturated heterocycles. The van der Waals surface area contributed by atoms with Gasteiger partial charge in [0.05, 0.1) is 10.6 Å². The maximum atomic E-state index is 13.5. The molecule has 0 atom stereocenters. The van der Waals surface area contributed by atoms with Gasteiger partial charge in [0.15, 0.2) is 0 Å². The van der Waals surface area contributed by atoms with E-state index in [1.54, 1.807) is 18.2 Å². The van der Waals surface area contributed by atoms with Crippen molar-refractivity contribution in [1.29, 1.82) is 0 Å². The maximum absolute atomic E-state index is 13.5. The lowest BCUT2D eigenvalue weighted by Gasteiger charge is -2.11. The minimum atomic E-state index is -4.15. The molecule has 0 unspecified atom stereocenters. The molecule has 2 aromatic carbocycles. The van der Waals surface area contributed by atoms with Gasteiger partial charge in [0, 0.05) is 9.26 Å². The quantitative estimate of drug-likeness (QED) is 0.691. The van der Waals surface area contributed by atoms with E-state index in [-0.39, 0.29) is 5.69 Å². The standard InChI is InChI=1S/C13H8ClFINO4S/c14-10-6-11(15)9(13(18)19)5-12(10)22(20,21)17-8-3-1-2-7(16)4-8/h1-6,17H,(H,18,19). The Morgan fingerprint density at radius 3 is 2.55 bits per heavy atom. The van der Waals surface area contributed by atoms with Crippen LogP contribution in [0.25, 0.3) is 0 Å². The van der Waals surface area contributed by atoms with Crippen LogP contribution in [0.1, 0.15) is 10.4 Å². The summed E-state index contributed by atoms with van der Waals surface area (Å²) in [5, 5.41) is 8.47. The van der Waals surface area contributed by atoms with E-state index in [1.165, 1.54) is 6.07 Å². The van der Waals surface area contributed by atoms with E-state index in [4.69, 9.17) is 16.7 Å². The topological polar surface area (TPSA) is 83.5 Å². The molecule has 0 aromatic heterocycles. The zero-order chi connectivity index (χ0) is 16.5. The summed E-state index contributed by atoms with van der Waals surface area (Å²) in [7, 11) is -4.15. The molecule has 0 aliphatic rings. The van der Waals surface area contributed by atoms with Crippen LogP contribution in [0, 0.1) is 9.39 Å². The van der Waals surface area contributed by atoms with E-state index in [0.29, 0.717) is 12.1 Å². The van der Waals surface area contributed by atoms with Gasteiger partial charge in [-0.25, -0.2) is 17.6 Å². The smallest absolute Gasteiger partial charge is 0.338 e. The molecule has 9 heteroatoms. The number of halogens is 3.